The minimum Gasteiger partial charge on any atom is -0.384 e. The van der Waals surface area contributed by atoms with Gasteiger partial charge in [0.1, 0.15) is 17.5 Å². The van der Waals surface area contributed by atoms with Crippen molar-refractivity contribution in [3.63, 3.8) is 0 Å². The predicted octanol–water partition coefficient (Wildman–Crippen LogP) is 0.967. The van der Waals surface area contributed by atoms with Gasteiger partial charge in [-0.3, -0.25) is 0 Å². The lowest BCUT2D eigenvalue weighted by molar-refractivity contribution is 0.388. The van der Waals surface area contributed by atoms with Crippen molar-refractivity contribution in [2.24, 2.45) is 0 Å². The van der Waals surface area contributed by atoms with Crippen molar-refractivity contribution < 1.29 is 4.52 Å². The number of anilines is 2. The molecule has 0 amide bonds. The smallest absolute Gasteiger partial charge is 0.155 e. The SMILES string of the molecule is Cc1nc(N)cc(NCc2ccno2)n1. The van der Waals surface area contributed by atoms with E-state index < -0.39 is 0 Å². The molecule has 0 radical (unpaired) electrons. The summed E-state index contributed by atoms with van der Waals surface area (Å²) in [4.78, 5) is 8.14. The van der Waals surface area contributed by atoms with Crippen LogP contribution in [-0.4, -0.2) is 15.1 Å². The first-order valence-corrected chi connectivity index (χ1v) is 4.48. The lowest BCUT2D eigenvalue weighted by atomic mass is 10.4. The van der Waals surface area contributed by atoms with Crippen LogP contribution in [-0.2, 0) is 6.54 Å². The molecule has 0 atom stereocenters. The first-order valence-electron chi connectivity index (χ1n) is 4.48. The highest BCUT2D eigenvalue weighted by Gasteiger charge is 2.00. The third-order valence-electron chi connectivity index (χ3n) is 1.79. The van der Waals surface area contributed by atoms with Gasteiger partial charge in [0.2, 0.25) is 0 Å². The number of nitrogen functional groups attached to an aromatic ring is 1. The second kappa shape index (κ2) is 3.95. The molecule has 6 heteroatoms. The Morgan fingerprint density at radius 2 is 2.33 bits per heavy atom. The van der Waals surface area contributed by atoms with E-state index in [4.69, 9.17) is 10.3 Å². The van der Waals surface area contributed by atoms with Crippen LogP contribution in [0.5, 0.6) is 0 Å². The van der Waals surface area contributed by atoms with Gasteiger partial charge in [0.05, 0.1) is 12.7 Å². The van der Waals surface area contributed by atoms with Crippen molar-refractivity contribution in [1.82, 2.24) is 15.1 Å². The molecule has 15 heavy (non-hydrogen) atoms. The fraction of sp³-hybridized carbons (Fsp3) is 0.222. The van der Waals surface area contributed by atoms with Gasteiger partial charge in [-0.1, -0.05) is 5.16 Å². The minimum atomic E-state index is 0.447. The normalized spacial score (nSPS) is 10.2. The fourth-order valence-electron chi connectivity index (χ4n) is 1.19. The van der Waals surface area contributed by atoms with E-state index in [1.54, 1.807) is 25.3 Å². The molecule has 0 bridgehead atoms. The standard InChI is InChI=1S/C9H11N5O/c1-6-13-8(10)4-9(14-6)11-5-7-2-3-12-15-7/h2-4H,5H2,1H3,(H3,10,11,13,14). The molecule has 78 valence electrons. The maximum atomic E-state index is 5.58. The maximum Gasteiger partial charge on any atom is 0.155 e. The van der Waals surface area contributed by atoms with Crippen molar-refractivity contribution in [2.75, 3.05) is 11.1 Å². The van der Waals surface area contributed by atoms with Crippen LogP contribution in [0.4, 0.5) is 11.6 Å². The molecule has 2 aromatic rings. The zero-order valence-corrected chi connectivity index (χ0v) is 8.27. The lowest BCUT2D eigenvalue weighted by Crippen LogP contribution is -2.04. The Bertz CT molecular complexity index is 420. The summed E-state index contributed by atoms with van der Waals surface area (Å²) in [5.41, 5.74) is 5.58. The topological polar surface area (TPSA) is 89.9 Å². The Balaban J connectivity index is 2.05. The van der Waals surface area contributed by atoms with Crippen molar-refractivity contribution >= 4 is 11.6 Å². The zero-order valence-electron chi connectivity index (χ0n) is 8.27. The number of hydrogen-bond donors (Lipinski definition) is 2. The van der Waals surface area contributed by atoms with Gasteiger partial charge in [0.25, 0.3) is 0 Å². The van der Waals surface area contributed by atoms with E-state index in [-0.39, 0.29) is 0 Å². The van der Waals surface area contributed by atoms with Crippen LogP contribution >= 0.6 is 0 Å². The van der Waals surface area contributed by atoms with Crippen molar-refractivity contribution in [2.45, 2.75) is 13.5 Å². The summed E-state index contributed by atoms with van der Waals surface area (Å²) in [6.45, 7) is 2.31. The predicted molar refractivity (Wildman–Crippen MR) is 55.0 cm³/mol. The molecule has 3 N–H and O–H groups in total. The first kappa shape index (κ1) is 9.45. The van der Waals surface area contributed by atoms with E-state index in [1.807, 2.05) is 0 Å². The summed E-state index contributed by atoms with van der Waals surface area (Å²) in [6, 6.07) is 3.45. The quantitative estimate of drug-likeness (QED) is 0.775. The molecule has 2 aromatic heterocycles. The molecule has 6 nitrogen and oxygen atoms in total. The van der Waals surface area contributed by atoms with Crippen LogP contribution in [0.2, 0.25) is 0 Å². The van der Waals surface area contributed by atoms with Crippen LogP contribution in [0.3, 0.4) is 0 Å². The van der Waals surface area contributed by atoms with Crippen molar-refractivity contribution in [3.8, 4) is 0 Å². The fourth-order valence-corrected chi connectivity index (χ4v) is 1.19. The molecular formula is C9H11N5O. The Morgan fingerprint density at radius 1 is 1.47 bits per heavy atom. The lowest BCUT2D eigenvalue weighted by Gasteiger charge is -2.04. The molecule has 0 unspecified atom stereocenters. The number of nitrogens with zero attached hydrogens (tertiary/aromatic N) is 3. The van der Waals surface area contributed by atoms with E-state index >= 15 is 0 Å². The van der Waals surface area contributed by atoms with Gasteiger partial charge in [0.15, 0.2) is 5.76 Å². The number of rotatable bonds is 3. The summed E-state index contributed by atoms with van der Waals surface area (Å²) < 4.78 is 4.93. The molecule has 0 spiro atoms. The van der Waals surface area contributed by atoms with Crippen LogP contribution in [0, 0.1) is 6.92 Å². The van der Waals surface area contributed by atoms with E-state index in [1.165, 1.54) is 0 Å². The summed E-state index contributed by atoms with van der Waals surface area (Å²) in [6.07, 6.45) is 1.59. The first-order chi connectivity index (χ1) is 7.24. The summed E-state index contributed by atoms with van der Waals surface area (Å²) >= 11 is 0. The van der Waals surface area contributed by atoms with Gasteiger partial charge in [0, 0.05) is 12.1 Å². The Morgan fingerprint density at radius 3 is 3.00 bits per heavy atom. The highest BCUT2D eigenvalue weighted by Crippen LogP contribution is 2.09. The van der Waals surface area contributed by atoms with E-state index in [2.05, 4.69) is 20.4 Å². The number of aryl methyl sites for hydroxylation is 1. The molecule has 2 heterocycles. The Kier molecular flexibility index (Phi) is 2.49. The van der Waals surface area contributed by atoms with Gasteiger partial charge in [-0.2, -0.15) is 0 Å². The molecule has 0 fully saturated rings. The van der Waals surface area contributed by atoms with Crippen molar-refractivity contribution in [3.05, 3.63) is 29.9 Å². The number of nitrogens with two attached hydrogens (primary N) is 1. The summed E-state index contributed by atoms with van der Waals surface area (Å²) in [5.74, 6) is 2.50. The van der Waals surface area contributed by atoms with Gasteiger partial charge in [-0.05, 0) is 6.92 Å². The minimum absolute atomic E-state index is 0.447. The van der Waals surface area contributed by atoms with Gasteiger partial charge in [-0.15, -0.1) is 0 Å². The largest absolute Gasteiger partial charge is 0.384 e. The van der Waals surface area contributed by atoms with Gasteiger partial charge >= 0.3 is 0 Å². The number of nitrogens with one attached hydrogen (secondary N) is 1. The maximum absolute atomic E-state index is 5.58. The van der Waals surface area contributed by atoms with E-state index in [0.29, 0.717) is 24.0 Å². The third-order valence-corrected chi connectivity index (χ3v) is 1.79. The molecule has 0 aliphatic carbocycles. The summed E-state index contributed by atoms with van der Waals surface area (Å²) in [7, 11) is 0. The molecule has 0 saturated heterocycles. The number of hydrogen-bond acceptors (Lipinski definition) is 6. The molecule has 0 aromatic carbocycles. The average molecular weight is 205 g/mol. The highest BCUT2D eigenvalue weighted by atomic mass is 16.5. The van der Waals surface area contributed by atoms with E-state index in [0.717, 1.165) is 5.76 Å². The van der Waals surface area contributed by atoms with Crippen molar-refractivity contribution in [1.29, 1.82) is 0 Å². The third kappa shape index (κ3) is 2.43. The highest BCUT2D eigenvalue weighted by molar-refractivity contribution is 5.44. The molecular weight excluding hydrogens is 194 g/mol. The van der Waals surface area contributed by atoms with Crippen LogP contribution in [0.25, 0.3) is 0 Å². The van der Waals surface area contributed by atoms with Gasteiger partial charge in [-0.25, -0.2) is 9.97 Å². The molecule has 0 aliphatic rings. The van der Waals surface area contributed by atoms with E-state index in [9.17, 15) is 0 Å². The number of aromatic nitrogens is 3. The molecule has 2 rings (SSSR count). The van der Waals surface area contributed by atoms with Gasteiger partial charge < -0.3 is 15.6 Å². The summed E-state index contributed by atoms with van der Waals surface area (Å²) in [5, 5.41) is 6.66. The molecule has 0 aliphatic heterocycles. The monoisotopic (exact) mass is 205 g/mol. The van der Waals surface area contributed by atoms with Crippen LogP contribution < -0.4 is 11.1 Å². The zero-order chi connectivity index (χ0) is 10.7. The second-order valence-electron chi connectivity index (χ2n) is 3.06. The average Bonchev–Trinajstić information content (AvgIpc) is 2.65. The Labute approximate surface area is 86.5 Å². The Hall–Kier alpha value is -2.11. The van der Waals surface area contributed by atoms with Crippen LogP contribution in [0.15, 0.2) is 22.9 Å². The molecule has 0 saturated carbocycles. The van der Waals surface area contributed by atoms with Crippen LogP contribution in [0.1, 0.15) is 11.6 Å². The second-order valence-corrected chi connectivity index (χ2v) is 3.06.